The van der Waals surface area contributed by atoms with E-state index in [1.807, 2.05) is 37.3 Å². The number of anilines is 1. The van der Waals surface area contributed by atoms with E-state index in [1.165, 1.54) is 4.90 Å². The normalized spacial score (nSPS) is 27.3. The standard InChI is InChI=1S/C25H24ClN3O5/c1-13-11-15(26)12-16-21(13)27-24(34)25(16)20-19(17(28-25)7-8-18(30)31)22(32)29(23(20)33)10-9-14-5-3-2-4-6-14/h2-6,11-12,17,19-20,28H,7-10H2,1H3,(H,27,34)(H,30,31)/t17-,19+,20+,25-/m0/s1. The predicted molar refractivity (Wildman–Crippen MR) is 124 cm³/mol. The third-order valence-electron chi connectivity index (χ3n) is 7.21. The van der Waals surface area contributed by atoms with Crippen molar-refractivity contribution in [2.75, 3.05) is 11.9 Å². The Morgan fingerprint density at radius 3 is 2.59 bits per heavy atom. The van der Waals surface area contributed by atoms with Crippen LogP contribution in [0.4, 0.5) is 5.69 Å². The summed E-state index contributed by atoms with van der Waals surface area (Å²) in [6.07, 6.45) is 0.420. The number of nitrogens with zero attached hydrogens (tertiary/aromatic N) is 1. The number of imide groups is 1. The zero-order valence-electron chi connectivity index (χ0n) is 18.5. The lowest BCUT2D eigenvalue weighted by Crippen LogP contribution is -2.53. The number of benzene rings is 2. The van der Waals surface area contributed by atoms with Crippen molar-refractivity contribution in [1.29, 1.82) is 0 Å². The molecule has 3 aliphatic rings. The highest BCUT2D eigenvalue weighted by Crippen LogP contribution is 2.54. The molecule has 3 aliphatic heterocycles. The molecular weight excluding hydrogens is 458 g/mol. The maximum Gasteiger partial charge on any atom is 0.303 e. The first-order chi connectivity index (χ1) is 16.2. The Kier molecular flexibility index (Phi) is 5.45. The minimum Gasteiger partial charge on any atom is -0.481 e. The molecule has 2 fully saturated rings. The van der Waals surface area contributed by atoms with Crippen LogP contribution in [0.5, 0.6) is 0 Å². The molecule has 3 amide bonds. The number of nitrogens with one attached hydrogen (secondary N) is 2. The van der Waals surface area contributed by atoms with Gasteiger partial charge < -0.3 is 10.4 Å². The van der Waals surface area contributed by atoms with E-state index < -0.39 is 41.2 Å². The molecule has 0 unspecified atom stereocenters. The van der Waals surface area contributed by atoms with Gasteiger partial charge in [0.15, 0.2) is 0 Å². The minimum absolute atomic E-state index is 0.117. The van der Waals surface area contributed by atoms with Gasteiger partial charge in [0.1, 0.15) is 5.54 Å². The fraction of sp³-hybridized carbons (Fsp3) is 0.360. The Morgan fingerprint density at radius 2 is 1.88 bits per heavy atom. The number of carboxylic acid groups (broad SMARTS) is 1. The summed E-state index contributed by atoms with van der Waals surface area (Å²) in [6, 6.07) is 12.3. The molecule has 176 valence electrons. The zero-order valence-corrected chi connectivity index (χ0v) is 19.3. The Labute approximate surface area is 201 Å². The third-order valence-corrected chi connectivity index (χ3v) is 7.43. The van der Waals surface area contributed by atoms with Gasteiger partial charge in [0.2, 0.25) is 17.7 Å². The van der Waals surface area contributed by atoms with E-state index in [0.717, 1.165) is 11.1 Å². The summed E-state index contributed by atoms with van der Waals surface area (Å²) < 4.78 is 0. The molecular formula is C25H24ClN3O5. The zero-order chi connectivity index (χ0) is 24.2. The van der Waals surface area contributed by atoms with Gasteiger partial charge in [-0.25, -0.2) is 0 Å². The molecule has 1 spiro atoms. The fourth-order valence-electron chi connectivity index (χ4n) is 5.73. The largest absolute Gasteiger partial charge is 0.481 e. The molecule has 0 bridgehead atoms. The van der Waals surface area contributed by atoms with E-state index >= 15 is 0 Å². The second kappa shape index (κ2) is 8.21. The second-order valence-electron chi connectivity index (χ2n) is 9.16. The SMILES string of the molecule is Cc1cc(Cl)cc2c1NC(=O)[C@]21N[C@@H](CCC(=O)O)[C@H]2C(=O)N(CCc3ccccc3)C(=O)[C@@H]21. The number of halogens is 1. The molecule has 0 aliphatic carbocycles. The molecule has 0 saturated carbocycles. The van der Waals surface area contributed by atoms with Crippen molar-refractivity contribution < 1.29 is 24.3 Å². The lowest BCUT2D eigenvalue weighted by atomic mass is 9.76. The van der Waals surface area contributed by atoms with Gasteiger partial charge >= 0.3 is 5.97 Å². The molecule has 2 aromatic carbocycles. The van der Waals surface area contributed by atoms with E-state index in [1.54, 1.807) is 12.1 Å². The Bertz CT molecular complexity index is 1220. The molecule has 2 saturated heterocycles. The number of amides is 3. The van der Waals surface area contributed by atoms with Crippen LogP contribution < -0.4 is 10.6 Å². The number of carbonyl (C=O) groups excluding carboxylic acids is 3. The van der Waals surface area contributed by atoms with Crippen molar-refractivity contribution in [2.24, 2.45) is 11.8 Å². The van der Waals surface area contributed by atoms with Gasteiger partial charge in [-0.15, -0.1) is 0 Å². The number of hydrogen-bond acceptors (Lipinski definition) is 5. The fourth-order valence-corrected chi connectivity index (χ4v) is 6.00. The highest BCUT2D eigenvalue weighted by Gasteiger charge is 2.70. The van der Waals surface area contributed by atoms with E-state index in [9.17, 15) is 24.3 Å². The molecule has 8 nitrogen and oxygen atoms in total. The van der Waals surface area contributed by atoms with Crippen LogP contribution >= 0.6 is 11.6 Å². The first kappa shape index (κ1) is 22.6. The van der Waals surface area contributed by atoms with E-state index in [4.69, 9.17) is 11.6 Å². The van der Waals surface area contributed by atoms with Crippen LogP contribution in [0.3, 0.4) is 0 Å². The van der Waals surface area contributed by atoms with Crippen molar-refractivity contribution in [1.82, 2.24) is 10.2 Å². The first-order valence-electron chi connectivity index (χ1n) is 11.2. The number of rotatable bonds is 6. The van der Waals surface area contributed by atoms with Crippen LogP contribution in [-0.2, 0) is 31.1 Å². The molecule has 34 heavy (non-hydrogen) atoms. The minimum atomic E-state index is -1.48. The summed E-state index contributed by atoms with van der Waals surface area (Å²) >= 11 is 6.32. The van der Waals surface area contributed by atoms with Gasteiger partial charge in [0.25, 0.3) is 0 Å². The molecule has 5 rings (SSSR count). The maximum absolute atomic E-state index is 13.7. The Balaban J connectivity index is 1.55. The number of carboxylic acids is 1. The van der Waals surface area contributed by atoms with E-state index in [-0.39, 0.29) is 25.3 Å². The van der Waals surface area contributed by atoms with Crippen LogP contribution in [0, 0.1) is 18.8 Å². The molecule has 3 heterocycles. The number of hydrogen-bond donors (Lipinski definition) is 3. The number of aryl methyl sites for hydroxylation is 1. The summed E-state index contributed by atoms with van der Waals surface area (Å²) in [5.41, 5.74) is 1.36. The molecule has 3 N–H and O–H groups in total. The second-order valence-corrected chi connectivity index (χ2v) is 9.59. The average Bonchev–Trinajstić information content (AvgIpc) is 3.37. The van der Waals surface area contributed by atoms with Crippen LogP contribution in [0.1, 0.15) is 29.5 Å². The average molecular weight is 482 g/mol. The van der Waals surface area contributed by atoms with Gasteiger partial charge in [-0.05, 0) is 43.0 Å². The van der Waals surface area contributed by atoms with Crippen molar-refractivity contribution in [2.45, 2.75) is 37.8 Å². The summed E-state index contributed by atoms with van der Waals surface area (Å²) in [7, 11) is 0. The third kappa shape index (κ3) is 3.32. The lowest BCUT2D eigenvalue weighted by molar-refractivity contribution is -0.143. The summed E-state index contributed by atoms with van der Waals surface area (Å²) in [5, 5.41) is 15.8. The van der Waals surface area contributed by atoms with Gasteiger partial charge in [0, 0.05) is 35.3 Å². The molecule has 0 aromatic heterocycles. The highest BCUT2D eigenvalue weighted by atomic mass is 35.5. The van der Waals surface area contributed by atoms with Crippen LogP contribution in [-0.4, -0.2) is 46.3 Å². The molecule has 0 radical (unpaired) electrons. The van der Waals surface area contributed by atoms with Gasteiger partial charge in [0.05, 0.1) is 11.8 Å². The number of carbonyl (C=O) groups is 4. The van der Waals surface area contributed by atoms with E-state index in [0.29, 0.717) is 22.7 Å². The number of fused-ring (bicyclic) bond motifs is 4. The quantitative estimate of drug-likeness (QED) is 0.546. The molecule has 4 atom stereocenters. The van der Waals surface area contributed by atoms with Crippen molar-refractivity contribution in [3.05, 3.63) is 64.2 Å². The van der Waals surface area contributed by atoms with Gasteiger partial charge in [-0.2, -0.15) is 0 Å². The molecule has 2 aromatic rings. The smallest absolute Gasteiger partial charge is 0.303 e. The Morgan fingerprint density at radius 1 is 1.15 bits per heavy atom. The summed E-state index contributed by atoms with van der Waals surface area (Å²) in [5.74, 6) is -4.03. The molecule has 9 heteroatoms. The predicted octanol–water partition coefficient (Wildman–Crippen LogP) is 2.48. The van der Waals surface area contributed by atoms with Crippen molar-refractivity contribution in [3.63, 3.8) is 0 Å². The number of aliphatic carboxylic acids is 1. The first-order valence-corrected chi connectivity index (χ1v) is 11.6. The maximum atomic E-state index is 13.7. The van der Waals surface area contributed by atoms with E-state index in [2.05, 4.69) is 10.6 Å². The van der Waals surface area contributed by atoms with Crippen molar-refractivity contribution >= 4 is 41.0 Å². The topological polar surface area (TPSA) is 116 Å². The van der Waals surface area contributed by atoms with Crippen molar-refractivity contribution in [3.8, 4) is 0 Å². The van der Waals surface area contributed by atoms with Crippen LogP contribution in [0.25, 0.3) is 0 Å². The van der Waals surface area contributed by atoms with Gasteiger partial charge in [-0.1, -0.05) is 41.9 Å². The highest BCUT2D eigenvalue weighted by molar-refractivity contribution is 6.31. The van der Waals surface area contributed by atoms with Gasteiger partial charge in [-0.3, -0.25) is 29.4 Å². The summed E-state index contributed by atoms with van der Waals surface area (Å²) in [4.78, 5) is 53.3. The monoisotopic (exact) mass is 481 g/mol. The summed E-state index contributed by atoms with van der Waals surface area (Å²) in [6.45, 7) is 2.01. The van der Waals surface area contributed by atoms with Crippen LogP contribution in [0.2, 0.25) is 5.02 Å². The lowest BCUT2D eigenvalue weighted by Gasteiger charge is -2.29. The Hall–Kier alpha value is -3.23. The number of likely N-dealkylation sites (tertiary alicyclic amines) is 1. The van der Waals surface area contributed by atoms with Crippen LogP contribution in [0.15, 0.2) is 42.5 Å².